The highest BCUT2D eigenvalue weighted by Gasteiger charge is 2.17. The van der Waals surface area contributed by atoms with E-state index in [9.17, 15) is 8.42 Å². The van der Waals surface area contributed by atoms with E-state index in [1.807, 2.05) is 48.5 Å². The Morgan fingerprint density at radius 2 is 1.62 bits per heavy atom. The molecule has 0 bridgehead atoms. The normalized spacial score (nSPS) is 15.2. The van der Waals surface area contributed by atoms with Crippen molar-refractivity contribution >= 4 is 21.6 Å². The van der Waals surface area contributed by atoms with Crippen LogP contribution in [0.25, 0.3) is 0 Å². The van der Waals surface area contributed by atoms with Crippen molar-refractivity contribution in [1.29, 1.82) is 0 Å². The minimum Gasteiger partial charge on any atom is -0.378 e. The van der Waals surface area contributed by atoms with Crippen LogP contribution >= 0.6 is 0 Å². The summed E-state index contributed by atoms with van der Waals surface area (Å²) in [5, 5.41) is 0. The number of ether oxygens (including phenoxy) is 1. The average molecular weight is 347 g/mol. The molecule has 0 unspecified atom stereocenters. The molecular formula is C17H21N3O3S. The Kier molecular flexibility index (Phi) is 5.34. The van der Waals surface area contributed by atoms with Crippen LogP contribution in [0.15, 0.2) is 54.6 Å². The molecule has 1 aliphatic rings. The van der Waals surface area contributed by atoms with Crippen LogP contribution in [0.5, 0.6) is 0 Å². The third kappa shape index (κ3) is 4.47. The molecule has 2 N–H and O–H groups in total. The largest absolute Gasteiger partial charge is 0.378 e. The number of hydrogen-bond acceptors (Lipinski definition) is 4. The molecule has 1 aliphatic heterocycles. The van der Waals surface area contributed by atoms with Gasteiger partial charge in [-0.15, -0.1) is 0 Å². The zero-order chi connectivity index (χ0) is 16.8. The molecule has 2 aromatic carbocycles. The van der Waals surface area contributed by atoms with Crippen molar-refractivity contribution in [2.24, 2.45) is 0 Å². The fourth-order valence-electron chi connectivity index (χ4n) is 2.60. The number of nitrogens with zero attached hydrogens (tertiary/aromatic N) is 1. The van der Waals surface area contributed by atoms with Gasteiger partial charge in [0.2, 0.25) is 0 Å². The summed E-state index contributed by atoms with van der Waals surface area (Å²) in [4.78, 5) is 2.12. The molecular weight excluding hydrogens is 326 g/mol. The van der Waals surface area contributed by atoms with Crippen LogP contribution in [0.4, 0.5) is 11.4 Å². The minimum atomic E-state index is -3.65. The van der Waals surface area contributed by atoms with Gasteiger partial charge in [0.25, 0.3) is 10.2 Å². The lowest BCUT2D eigenvalue weighted by molar-refractivity contribution is 0.123. The van der Waals surface area contributed by atoms with Gasteiger partial charge in [-0.2, -0.15) is 13.1 Å². The van der Waals surface area contributed by atoms with E-state index in [-0.39, 0.29) is 6.54 Å². The van der Waals surface area contributed by atoms with Crippen molar-refractivity contribution in [3.63, 3.8) is 0 Å². The third-order valence-electron chi connectivity index (χ3n) is 3.81. The molecule has 0 atom stereocenters. The smallest absolute Gasteiger partial charge is 0.299 e. The van der Waals surface area contributed by atoms with Crippen molar-refractivity contribution < 1.29 is 13.2 Å². The minimum absolute atomic E-state index is 0.246. The molecule has 6 nitrogen and oxygen atoms in total. The van der Waals surface area contributed by atoms with Crippen molar-refractivity contribution in [1.82, 2.24) is 4.72 Å². The number of rotatable bonds is 6. The summed E-state index contributed by atoms with van der Waals surface area (Å²) in [6, 6.07) is 16.8. The van der Waals surface area contributed by atoms with Crippen molar-refractivity contribution in [3.8, 4) is 0 Å². The second-order valence-electron chi connectivity index (χ2n) is 5.53. The average Bonchev–Trinajstić information content (AvgIpc) is 2.62. The van der Waals surface area contributed by atoms with E-state index < -0.39 is 10.2 Å². The monoisotopic (exact) mass is 347 g/mol. The van der Waals surface area contributed by atoms with Gasteiger partial charge in [0.1, 0.15) is 0 Å². The van der Waals surface area contributed by atoms with E-state index in [4.69, 9.17) is 4.74 Å². The lowest BCUT2D eigenvalue weighted by Crippen LogP contribution is -2.37. The van der Waals surface area contributed by atoms with Gasteiger partial charge < -0.3 is 9.64 Å². The quantitative estimate of drug-likeness (QED) is 0.838. The van der Waals surface area contributed by atoms with Crippen LogP contribution < -0.4 is 14.3 Å². The first-order valence-electron chi connectivity index (χ1n) is 7.87. The molecule has 7 heteroatoms. The lowest BCUT2D eigenvalue weighted by atomic mass is 10.2. The standard InChI is InChI=1S/C17H21N3O3S/c21-24(22,18-14-15-6-2-1-3-7-15)19-16-8-4-5-9-17(16)20-10-12-23-13-11-20/h1-9,18-19H,10-14H2. The zero-order valence-electron chi connectivity index (χ0n) is 13.3. The van der Waals surface area contributed by atoms with Crippen LogP contribution in [-0.2, 0) is 21.5 Å². The highest BCUT2D eigenvalue weighted by atomic mass is 32.2. The van der Waals surface area contributed by atoms with Gasteiger partial charge in [-0.3, -0.25) is 4.72 Å². The maximum atomic E-state index is 12.3. The van der Waals surface area contributed by atoms with Gasteiger partial charge in [-0.05, 0) is 17.7 Å². The summed E-state index contributed by atoms with van der Waals surface area (Å²) in [5.41, 5.74) is 2.34. The summed E-state index contributed by atoms with van der Waals surface area (Å²) >= 11 is 0. The van der Waals surface area contributed by atoms with E-state index in [1.165, 1.54) is 0 Å². The van der Waals surface area contributed by atoms with Gasteiger partial charge in [-0.1, -0.05) is 42.5 Å². The van der Waals surface area contributed by atoms with Gasteiger partial charge in [0.05, 0.1) is 24.6 Å². The van der Waals surface area contributed by atoms with E-state index in [0.717, 1.165) is 24.3 Å². The predicted molar refractivity (Wildman–Crippen MR) is 95.3 cm³/mol. The maximum absolute atomic E-state index is 12.3. The number of anilines is 2. The summed E-state index contributed by atoms with van der Waals surface area (Å²) in [5.74, 6) is 0. The number of morpholine rings is 1. The van der Waals surface area contributed by atoms with Gasteiger partial charge in [-0.25, -0.2) is 0 Å². The van der Waals surface area contributed by atoms with Crippen LogP contribution in [0, 0.1) is 0 Å². The van der Waals surface area contributed by atoms with Crippen LogP contribution in [0.2, 0.25) is 0 Å². The molecule has 0 amide bonds. The highest BCUT2D eigenvalue weighted by Crippen LogP contribution is 2.26. The number of benzene rings is 2. The summed E-state index contributed by atoms with van der Waals surface area (Å²) in [7, 11) is -3.65. The number of nitrogens with one attached hydrogen (secondary N) is 2. The molecule has 0 aromatic heterocycles. The Balaban J connectivity index is 1.70. The molecule has 0 saturated carbocycles. The fraction of sp³-hybridized carbons (Fsp3) is 0.294. The maximum Gasteiger partial charge on any atom is 0.299 e. The molecule has 1 saturated heterocycles. The van der Waals surface area contributed by atoms with Crippen molar-refractivity contribution in [2.45, 2.75) is 6.54 Å². The Hall–Kier alpha value is -2.09. The summed E-state index contributed by atoms with van der Waals surface area (Å²) < 4.78 is 35.2. The van der Waals surface area contributed by atoms with E-state index in [1.54, 1.807) is 6.07 Å². The first kappa shape index (κ1) is 16.8. The molecule has 24 heavy (non-hydrogen) atoms. The van der Waals surface area contributed by atoms with E-state index in [0.29, 0.717) is 18.9 Å². The van der Waals surface area contributed by atoms with E-state index in [2.05, 4.69) is 14.3 Å². The molecule has 1 heterocycles. The second-order valence-corrected chi connectivity index (χ2v) is 7.03. The van der Waals surface area contributed by atoms with Crippen LogP contribution in [0.3, 0.4) is 0 Å². The molecule has 3 rings (SSSR count). The second kappa shape index (κ2) is 7.65. The fourth-order valence-corrected chi connectivity index (χ4v) is 3.49. The van der Waals surface area contributed by atoms with Crippen molar-refractivity contribution in [2.75, 3.05) is 35.9 Å². The third-order valence-corrected chi connectivity index (χ3v) is 4.82. The summed E-state index contributed by atoms with van der Waals surface area (Å²) in [6.45, 7) is 3.03. The van der Waals surface area contributed by atoms with Gasteiger partial charge >= 0.3 is 0 Å². The van der Waals surface area contributed by atoms with E-state index >= 15 is 0 Å². The Morgan fingerprint density at radius 1 is 0.958 bits per heavy atom. The molecule has 0 radical (unpaired) electrons. The van der Waals surface area contributed by atoms with Crippen molar-refractivity contribution in [3.05, 3.63) is 60.2 Å². The summed E-state index contributed by atoms with van der Waals surface area (Å²) in [6.07, 6.45) is 0. The highest BCUT2D eigenvalue weighted by molar-refractivity contribution is 7.90. The lowest BCUT2D eigenvalue weighted by Gasteiger charge is -2.30. The molecule has 0 spiro atoms. The number of para-hydroxylation sites is 2. The molecule has 0 aliphatic carbocycles. The molecule has 1 fully saturated rings. The first-order valence-corrected chi connectivity index (χ1v) is 9.35. The molecule has 2 aromatic rings. The predicted octanol–water partition coefficient (Wildman–Crippen LogP) is 1.97. The molecule has 128 valence electrons. The SMILES string of the molecule is O=S(=O)(NCc1ccccc1)Nc1ccccc1N1CCOCC1. The Morgan fingerprint density at radius 3 is 2.38 bits per heavy atom. The van der Waals surface area contributed by atoms with Crippen LogP contribution in [-0.4, -0.2) is 34.7 Å². The first-order chi connectivity index (χ1) is 11.6. The van der Waals surface area contributed by atoms with Crippen LogP contribution in [0.1, 0.15) is 5.56 Å². The van der Waals surface area contributed by atoms with Gasteiger partial charge in [0, 0.05) is 19.6 Å². The number of hydrogen-bond donors (Lipinski definition) is 2. The Labute approximate surface area is 142 Å². The Bertz CT molecular complexity index is 760. The zero-order valence-corrected chi connectivity index (χ0v) is 14.1. The van der Waals surface area contributed by atoms with Gasteiger partial charge in [0.15, 0.2) is 0 Å². The topological polar surface area (TPSA) is 70.7 Å².